The number of hydrogen-bond donors (Lipinski definition) is 2. The molecule has 0 aliphatic carbocycles. The van der Waals surface area contributed by atoms with Crippen molar-refractivity contribution in [2.45, 2.75) is 0 Å². The van der Waals surface area contributed by atoms with Gasteiger partial charge in [-0.3, -0.25) is 0 Å². The van der Waals surface area contributed by atoms with Crippen LogP contribution >= 0.6 is 0 Å². The molecule has 10 heavy (non-hydrogen) atoms. The monoisotopic (exact) mass is 172 g/mol. The average Bonchev–Trinajstić information content (AvgIpc) is 1.58. The number of nitrogens with one attached hydrogen (secondary N) is 2. The van der Waals surface area contributed by atoms with Crippen molar-refractivity contribution in [3.05, 3.63) is 0 Å². The SMILES string of the molecule is O=C(F)NS(=O)NC(=O)F. The molecule has 0 aromatic rings. The second kappa shape index (κ2) is 3.88. The molecule has 0 aromatic carbocycles. The highest BCUT2D eigenvalue weighted by Gasteiger charge is 2.06. The van der Waals surface area contributed by atoms with Crippen molar-refractivity contribution in [2.75, 3.05) is 0 Å². The minimum absolute atomic E-state index is 1.07. The Morgan fingerprint density at radius 1 is 1.10 bits per heavy atom. The van der Waals surface area contributed by atoms with E-state index in [1.165, 1.54) is 0 Å². The van der Waals surface area contributed by atoms with E-state index in [9.17, 15) is 22.6 Å². The van der Waals surface area contributed by atoms with Gasteiger partial charge in [-0.1, -0.05) is 0 Å². The van der Waals surface area contributed by atoms with Crippen molar-refractivity contribution >= 4 is 23.5 Å². The van der Waals surface area contributed by atoms with E-state index >= 15 is 0 Å². The summed E-state index contributed by atoms with van der Waals surface area (Å²) in [5.41, 5.74) is 0. The molecule has 5 nitrogen and oxygen atoms in total. The number of amides is 2. The van der Waals surface area contributed by atoms with E-state index in [4.69, 9.17) is 0 Å². The van der Waals surface area contributed by atoms with Crippen LogP contribution in [0.2, 0.25) is 0 Å². The predicted octanol–water partition coefficient (Wildman–Crippen LogP) is -0.0767. The van der Waals surface area contributed by atoms with E-state index in [0.29, 0.717) is 0 Å². The van der Waals surface area contributed by atoms with Gasteiger partial charge < -0.3 is 0 Å². The number of hydrogen-bond acceptors (Lipinski definition) is 3. The number of rotatable bonds is 2. The third-order valence-corrected chi connectivity index (χ3v) is 1.04. The summed E-state index contributed by atoms with van der Waals surface area (Å²) < 4.78 is 34.5. The fourth-order valence-electron chi connectivity index (χ4n) is 0.171. The second-order valence-electron chi connectivity index (χ2n) is 1.02. The largest absolute Gasteiger partial charge is 0.410 e. The maximum Gasteiger partial charge on any atom is 0.410 e. The quantitative estimate of drug-likeness (QED) is 0.452. The molecule has 0 aliphatic rings. The van der Waals surface area contributed by atoms with Gasteiger partial charge in [-0.15, -0.1) is 8.78 Å². The van der Waals surface area contributed by atoms with Crippen LogP contribution < -0.4 is 9.44 Å². The third-order valence-electron chi connectivity index (χ3n) is 0.346. The van der Waals surface area contributed by atoms with Gasteiger partial charge in [-0.25, -0.2) is 23.2 Å². The summed E-state index contributed by atoms with van der Waals surface area (Å²) in [6.45, 7) is 0. The smallest absolute Gasteiger partial charge is 0.233 e. The van der Waals surface area contributed by atoms with E-state index < -0.39 is 23.5 Å². The fourth-order valence-corrected chi connectivity index (χ4v) is 0.514. The first-order valence-electron chi connectivity index (χ1n) is 1.86. The summed E-state index contributed by atoms with van der Waals surface area (Å²) in [4.78, 5) is 18.8. The van der Waals surface area contributed by atoms with Crippen molar-refractivity contribution in [1.29, 1.82) is 0 Å². The molecule has 0 unspecified atom stereocenters. The Morgan fingerprint density at radius 3 is 1.60 bits per heavy atom. The molecule has 0 saturated heterocycles. The van der Waals surface area contributed by atoms with E-state index in [2.05, 4.69) is 0 Å². The second-order valence-corrected chi connectivity index (χ2v) is 1.97. The fraction of sp³-hybridized carbons (Fsp3) is 0. The van der Waals surface area contributed by atoms with Crippen molar-refractivity contribution in [2.24, 2.45) is 0 Å². The van der Waals surface area contributed by atoms with Gasteiger partial charge in [0.25, 0.3) is 0 Å². The zero-order chi connectivity index (χ0) is 8.15. The molecule has 0 saturated carbocycles. The lowest BCUT2D eigenvalue weighted by Gasteiger charge is -1.95. The number of carbonyl (C=O) groups excluding carboxylic acids is 2. The summed E-state index contributed by atoms with van der Waals surface area (Å²) >= 11 is -2.53. The molecule has 0 fully saturated rings. The van der Waals surface area contributed by atoms with Gasteiger partial charge in [-0.2, -0.15) is 0 Å². The lowest BCUT2D eigenvalue weighted by atomic mass is 11.4. The Morgan fingerprint density at radius 2 is 1.40 bits per heavy atom. The first-order valence-corrected chi connectivity index (χ1v) is 3.01. The maximum absolute atomic E-state index is 11.2. The minimum Gasteiger partial charge on any atom is -0.233 e. The molecule has 0 aliphatic heterocycles. The van der Waals surface area contributed by atoms with Crippen LogP contribution in [0.1, 0.15) is 0 Å². The van der Waals surface area contributed by atoms with Gasteiger partial charge in [0.15, 0.2) is 0 Å². The summed E-state index contributed by atoms with van der Waals surface area (Å²) in [5.74, 6) is 0. The molecule has 8 heteroatoms. The molecule has 0 rings (SSSR count). The Balaban J connectivity index is 3.65. The molecule has 0 spiro atoms. The van der Waals surface area contributed by atoms with Crippen LogP contribution in [0.4, 0.5) is 18.4 Å². The van der Waals surface area contributed by atoms with Crippen LogP contribution in [-0.4, -0.2) is 16.5 Å². The van der Waals surface area contributed by atoms with E-state index in [1.807, 2.05) is 0 Å². The molecule has 0 atom stereocenters. The lowest BCUT2D eigenvalue weighted by molar-refractivity contribution is 0.226. The highest BCUT2D eigenvalue weighted by atomic mass is 32.2. The summed E-state index contributed by atoms with van der Waals surface area (Å²) in [5, 5.41) is 0. The van der Waals surface area contributed by atoms with Crippen molar-refractivity contribution in [1.82, 2.24) is 9.44 Å². The molecule has 2 amide bonds. The van der Waals surface area contributed by atoms with Crippen molar-refractivity contribution < 1.29 is 22.6 Å². The first-order chi connectivity index (χ1) is 4.52. The zero-order valence-corrected chi connectivity index (χ0v) is 5.21. The predicted molar refractivity (Wildman–Crippen MR) is 27.4 cm³/mol. The van der Waals surface area contributed by atoms with Crippen molar-refractivity contribution in [3.8, 4) is 0 Å². The van der Waals surface area contributed by atoms with Gasteiger partial charge in [0.05, 0.1) is 0 Å². The average molecular weight is 172 g/mol. The van der Waals surface area contributed by atoms with Crippen LogP contribution in [0.25, 0.3) is 0 Å². The zero-order valence-electron chi connectivity index (χ0n) is 4.39. The molecule has 0 radical (unpaired) electrons. The van der Waals surface area contributed by atoms with Gasteiger partial charge in [0.2, 0.25) is 11.2 Å². The molecule has 0 aromatic heterocycles. The standard InChI is InChI=1S/C2H2F2N2O3S/c3-1(7)5-10(9)6-2(4)8/h(H,5,7)(H,6,8). The number of halogens is 2. The Hall–Kier alpha value is -1.05. The van der Waals surface area contributed by atoms with Crippen molar-refractivity contribution in [3.63, 3.8) is 0 Å². The molecule has 0 bridgehead atoms. The van der Waals surface area contributed by atoms with Crippen LogP contribution in [0, 0.1) is 0 Å². The van der Waals surface area contributed by atoms with Gasteiger partial charge in [0, 0.05) is 0 Å². The van der Waals surface area contributed by atoms with Crippen LogP contribution in [0.5, 0.6) is 0 Å². The first kappa shape index (κ1) is 8.95. The molecule has 2 N–H and O–H groups in total. The summed E-state index contributed by atoms with van der Waals surface area (Å²) in [6, 6.07) is 0. The minimum atomic E-state index is -2.53. The van der Waals surface area contributed by atoms with Crippen LogP contribution in [-0.2, 0) is 11.2 Å². The van der Waals surface area contributed by atoms with E-state index in [0.717, 1.165) is 9.44 Å². The molecule has 0 heterocycles. The van der Waals surface area contributed by atoms with Gasteiger partial charge in [0.1, 0.15) is 0 Å². The Bertz CT molecular complexity index is 165. The Labute approximate surface area is 56.5 Å². The van der Waals surface area contributed by atoms with Crippen LogP contribution in [0.3, 0.4) is 0 Å². The van der Waals surface area contributed by atoms with Crippen LogP contribution in [0.15, 0.2) is 0 Å². The Kier molecular flexibility index (Phi) is 3.47. The highest BCUT2D eigenvalue weighted by molar-refractivity contribution is 7.82. The lowest BCUT2D eigenvalue weighted by Crippen LogP contribution is -2.33. The van der Waals surface area contributed by atoms with Gasteiger partial charge in [-0.05, 0) is 0 Å². The summed E-state index contributed by atoms with van der Waals surface area (Å²) in [6.07, 6.45) is -4.24. The maximum atomic E-state index is 11.2. The normalized spacial score (nSPS) is 9.10. The summed E-state index contributed by atoms with van der Waals surface area (Å²) in [7, 11) is 0. The van der Waals surface area contributed by atoms with E-state index in [1.54, 1.807) is 0 Å². The third kappa shape index (κ3) is 5.09. The molecular weight excluding hydrogens is 170 g/mol. The topological polar surface area (TPSA) is 75.3 Å². The van der Waals surface area contributed by atoms with E-state index in [-0.39, 0.29) is 0 Å². The molecule has 58 valence electrons. The highest BCUT2D eigenvalue weighted by Crippen LogP contribution is 1.76. The number of carbonyl (C=O) groups is 2. The van der Waals surface area contributed by atoms with Gasteiger partial charge >= 0.3 is 12.3 Å². The molecular formula is C2H2F2N2O3S.